The van der Waals surface area contributed by atoms with Crippen LogP contribution in [0.1, 0.15) is 42.4 Å². The van der Waals surface area contributed by atoms with Crippen molar-refractivity contribution in [2.45, 2.75) is 51.6 Å². The Hall–Kier alpha value is -0.820. The topological polar surface area (TPSA) is 3.24 Å². The maximum Gasteiger partial charge on any atom is 0.0239 e. The van der Waals surface area contributed by atoms with Crippen molar-refractivity contribution in [1.29, 1.82) is 0 Å². The Balaban J connectivity index is 1.78. The molecule has 2 aliphatic rings. The van der Waals surface area contributed by atoms with E-state index in [1.54, 1.807) is 11.1 Å². The number of nitrogens with zero attached hydrogens (tertiary/aromatic N) is 1. The third-order valence-electron chi connectivity index (χ3n) is 4.24. The molecule has 0 unspecified atom stereocenters. The molecule has 1 heteroatoms. The fourth-order valence-corrected chi connectivity index (χ4v) is 3.28. The van der Waals surface area contributed by atoms with E-state index >= 15 is 0 Å². The van der Waals surface area contributed by atoms with E-state index in [-0.39, 0.29) is 0 Å². The molecule has 1 aliphatic carbocycles. The molecule has 0 N–H and O–H groups in total. The summed E-state index contributed by atoms with van der Waals surface area (Å²) in [6.07, 6.45) is 7.01. The normalized spacial score (nSPS) is 22.3. The zero-order valence-electron chi connectivity index (χ0n) is 10.2. The predicted molar refractivity (Wildman–Crippen MR) is 67.5 cm³/mol. The van der Waals surface area contributed by atoms with Crippen LogP contribution in [0.25, 0.3) is 0 Å². The van der Waals surface area contributed by atoms with Crippen LogP contribution in [-0.4, -0.2) is 17.5 Å². The van der Waals surface area contributed by atoms with Gasteiger partial charge in [-0.1, -0.05) is 36.6 Å². The lowest BCUT2D eigenvalue weighted by atomic mass is 9.96. The van der Waals surface area contributed by atoms with Crippen LogP contribution in [0.4, 0.5) is 0 Å². The maximum atomic E-state index is 2.71. The smallest absolute Gasteiger partial charge is 0.0239 e. The first kappa shape index (κ1) is 10.3. The van der Waals surface area contributed by atoms with Crippen molar-refractivity contribution in [2.24, 2.45) is 0 Å². The highest BCUT2D eigenvalue weighted by Gasteiger charge is 2.25. The Kier molecular flexibility index (Phi) is 2.72. The van der Waals surface area contributed by atoms with Crippen molar-refractivity contribution >= 4 is 0 Å². The zero-order valence-corrected chi connectivity index (χ0v) is 10.2. The lowest BCUT2D eigenvalue weighted by molar-refractivity contribution is 0.181. The van der Waals surface area contributed by atoms with Gasteiger partial charge in [-0.3, -0.25) is 4.90 Å². The van der Waals surface area contributed by atoms with E-state index in [2.05, 4.69) is 30.0 Å². The van der Waals surface area contributed by atoms with Crippen molar-refractivity contribution in [1.82, 2.24) is 4.90 Å². The minimum atomic E-state index is 0.884. The zero-order chi connectivity index (χ0) is 11.0. The van der Waals surface area contributed by atoms with Crippen molar-refractivity contribution in [3.8, 4) is 0 Å². The summed E-state index contributed by atoms with van der Waals surface area (Å²) in [5.41, 5.74) is 4.58. The van der Waals surface area contributed by atoms with Gasteiger partial charge in [0.2, 0.25) is 0 Å². The molecule has 0 aromatic heterocycles. The molecule has 1 aromatic carbocycles. The van der Waals surface area contributed by atoms with Crippen LogP contribution < -0.4 is 0 Å². The average molecular weight is 215 g/mol. The third kappa shape index (κ3) is 1.89. The molecule has 1 nitrogen and oxygen atoms in total. The van der Waals surface area contributed by atoms with Gasteiger partial charge in [-0.05, 0) is 37.3 Å². The van der Waals surface area contributed by atoms with Gasteiger partial charge in [0.05, 0.1) is 0 Å². The highest BCUT2D eigenvalue weighted by atomic mass is 15.2. The van der Waals surface area contributed by atoms with E-state index in [0.29, 0.717) is 0 Å². The Morgan fingerprint density at radius 1 is 1.12 bits per heavy atom. The van der Waals surface area contributed by atoms with Gasteiger partial charge in [-0.15, -0.1) is 0 Å². The second-order valence-corrected chi connectivity index (χ2v) is 5.43. The van der Waals surface area contributed by atoms with Crippen LogP contribution in [-0.2, 0) is 13.0 Å². The number of benzene rings is 1. The standard InChI is InChI=1S/C15H21N/c1-12-6-7-14-11-16(9-8-13(14)10-12)15-4-2-3-5-15/h6-7,10,15H,2-5,8-9,11H2,1H3. The van der Waals surface area contributed by atoms with Gasteiger partial charge in [-0.25, -0.2) is 0 Å². The monoisotopic (exact) mass is 215 g/mol. The lowest BCUT2D eigenvalue weighted by Crippen LogP contribution is -2.37. The van der Waals surface area contributed by atoms with Gasteiger partial charge in [-0.2, -0.15) is 0 Å². The molecule has 1 saturated carbocycles. The van der Waals surface area contributed by atoms with Crippen molar-refractivity contribution in [3.63, 3.8) is 0 Å². The molecule has 1 aromatic rings. The predicted octanol–water partition coefficient (Wildman–Crippen LogP) is 3.30. The van der Waals surface area contributed by atoms with E-state index in [1.807, 2.05) is 0 Å². The van der Waals surface area contributed by atoms with E-state index in [9.17, 15) is 0 Å². The summed E-state index contributed by atoms with van der Waals surface area (Å²) in [5.74, 6) is 0. The minimum Gasteiger partial charge on any atom is -0.296 e. The fourth-order valence-electron chi connectivity index (χ4n) is 3.28. The molecule has 86 valence electrons. The Bertz CT molecular complexity index is 377. The Morgan fingerprint density at radius 2 is 1.94 bits per heavy atom. The van der Waals surface area contributed by atoms with Crippen molar-refractivity contribution in [3.05, 3.63) is 34.9 Å². The van der Waals surface area contributed by atoms with Crippen LogP contribution in [0, 0.1) is 6.92 Å². The first-order chi connectivity index (χ1) is 7.83. The van der Waals surface area contributed by atoms with E-state index in [4.69, 9.17) is 0 Å². The van der Waals surface area contributed by atoms with Gasteiger partial charge in [0.1, 0.15) is 0 Å². The summed E-state index contributed by atoms with van der Waals surface area (Å²) in [6.45, 7) is 4.67. The lowest BCUT2D eigenvalue weighted by Gasteiger charge is -2.33. The number of aryl methyl sites for hydroxylation is 1. The second kappa shape index (κ2) is 4.21. The van der Waals surface area contributed by atoms with Crippen molar-refractivity contribution in [2.75, 3.05) is 6.54 Å². The molecule has 3 rings (SSSR count). The summed E-state index contributed by atoms with van der Waals surface area (Å²) in [4.78, 5) is 2.71. The molecule has 0 radical (unpaired) electrons. The summed E-state index contributed by atoms with van der Waals surface area (Å²) >= 11 is 0. The number of fused-ring (bicyclic) bond motifs is 1. The number of hydrogen-bond donors (Lipinski definition) is 0. The van der Waals surface area contributed by atoms with Gasteiger partial charge >= 0.3 is 0 Å². The summed E-state index contributed by atoms with van der Waals surface area (Å²) in [5, 5.41) is 0. The summed E-state index contributed by atoms with van der Waals surface area (Å²) in [7, 11) is 0. The van der Waals surface area contributed by atoms with Gasteiger partial charge in [0, 0.05) is 19.1 Å². The molecule has 0 saturated heterocycles. The molecular weight excluding hydrogens is 194 g/mol. The van der Waals surface area contributed by atoms with Gasteiger partial charge in [0.25, 0.3) is 0 Å². The summed E-state index contributed by atoms with van der Waals surface area (Å²) in [6, 6.07) is 7.86. The Labute approximate surface area is 98.5 Å². The molecule has 0 bridgehead atoms. The van der Waals surface area contributed by atoms with Crippen LogP contribution >= 0.6 is 0 Å². The first-order valence-electron chi connectivity index (χ1n) is 6.65. The van der Waals surface area contributed by atoms with Crippen LogP contribution in [0.2, 0.25) is 0 Å². The maximum absolute atomic E-state index is 2.71. The van der Waals surface area contributed by atoms with Crippen LogP contribution in [0.5, 0.6) is 0 Å². The van der Waals surface area contributed by atoms with Crippen molar-refractivity contribution < 1.29 is 0 Å². The molecule has 0 amide bonds. The molecular formula is C15H21N. The van der Waals surface area contributed by atoms with Crippen LogP contribution in [0.3, 0.4) is 0 Å². The largest absolute Gasteiger partial charge is 0.296 e. The number of hydrogen-bond acceptors (Lipinski definition) is 1. The quantitative estimate of drug-likeness (QED) is 0.695. The highest BCUT2D eigenvalue weighted by molar-refractivity contribution is 5.33. The number of rotatable bonds is 1. The minimum absolute atomic E-state index is 0.884. The van der Waals surface area contributed by atoms with Gasteiger partial charge in [0.15, 0.2) is 0 Å². The molecule has 0 atom stereocenters. The van der Waals surface area contributed by atoms with Gasteiger partial charge < -0.3 is 0 Å². The third-order valence-corrected chi connectivity index (χ3v) is 4.24. The van der Waals surface area contributed by atoms with E-state index in [0.717, 1.165) is 6.04 Å². The first-order valence-corrected chi connectivity index (χ1v) is 6.65. The van der Waals surface area contributed by atoms with E-state index in [1.165, 1.54) is 50.8 Å². The second-order valence-electron chi connectivity index (χ2n) is 5.43. The highest BCUT2D eigenvalue weighted by Crippen LogP contribution is 2.28. The molecule has 16 heavy (non-hydrogen) atoms. The molecule has 0 spiro atoms. The van der Waals surface area contributed by atoms with Crippen LogP contribution in [0.15, 0.2) is 18.2 Å². The Morgan fingerprint density at radius 3 is 2.75 bits per heavy atom. The average Bonchev–Trinajstić information content (AvgIpc) is 2.82. The molecule has 1 aliphatic heterocycles. The molecule has 1 fully saturated rings. The van der Waals surface area contributed by atoms with E-state index < -0.39 is 0 Å². The molecule has 1 heterocycles. The summed E-state index contributed by atoms with van der Waals surface area (Å²) < 4.78 is 0. The SMILES string of the molecule is Cc1ccc2c(c1)CCN(C1CCCC1)C2. The fraction of sp³-hybridized carbons (Fsp3) is 0.600.